The van der Waals surface area contributed by atoms with Gasteiger partial charge in [0.1, 0.15) is 0 Å². The van der Waals surface area contributed by atoms with Gasteiger partial charge in [0.15, 0.2) is 0 Å². The van der Waals surface area contributed by atoms with E-state index in [0.29, 0.717) is 5.96 Å². The fraction of sp³-hybridized carbons (Fsp3) is 0.667. The van der Waals surface area contributed by atoms with E-state index in [2.05, 4.69) is 5.10 Å². The summed E-state index contributed by atoms with van der Waals surface area (Å²) >= 11 is 0. The molecule has 0 aliphatic rings. The smallest absolute Gasteiger partial charge is 0.368 e. The number of hydrogen-bond donors (Lipinski definition) is 4. The minimum absolute atomic E-state index is 0.333. The van der Waals surface area contributed by atoms with Crippen molar-refractivity contribution >= 4 is 16.4 Å². The lowest BCUT2D eigenvalue weighted by molar-refractivity contribution is 0.381. The molecule has 0 rings (SSSR count). The van der Waals surface area contributed by atoms with Gasteiger partial charge in [0.05, 0.1) is 0 Å². The zero-order valence-corrected chi connectivity index (χ0v) is 7.48. The number of nitrogens with zero attached hydrogens (tertiary/aromatic N) is 2. The van der Waals surface area contributed by atoms with Crippen LogP contribution in [0, 0.1) is 0 Å². The van der Waals surface area contributed by atoms with E-state index in [0.717, 1.165) is 0 Å². The van der Waals surface area contributed by atoms with Gasteiger partial charge in [-0.2, -0.15) is 8.42 Å². The molecule has 0 fully saturated rings. The quantitative estimate of drug-likeness (QED) is 0.117. The third kappa shape index (κ3) is 23.1. The van der Waals surface area contributed by atoms with Crippen molar-refractivity contribution in [2.24, 2.45) is 16.7 Å². The van der Waals surface area contributed by atoms with E-state index in [1.807, 2.05) is 0 Å². The molecule has 0 unspecified atom stereocenters. The molecule has 0 amide bonds. The number of hydrogen-bond acceptors (Lipinski definition) is 4. The molecule has 0 spiro atoms. The summed E-state index contributed by atoms with van der Waals surface area (Å²) in [5.41, 5.74) is 5.17. The Kier molecular flexibility index (Phi) is 6.28. The van der Waals surface area contributed by atoms with Gasteiger partial charge in [0.25, 0.3) is 0 Å². The average Bonchev–Trinajstić information content (AvgIpc) is 1.82. The Morgan fingerprint density at radius 3 is 1.67 bits per heavy atom. The van der Waals surface area contributed by atoms with Gasteiger partial charge < -0.3 is 16.5 Å². The lowest BCUT2D eigenvalue weighted by Crippen LogP contribution is -2.31. The van der Waals surface area contributed by atoms with E-state index >= 15 is 0 Å². The molecule has 0 aromatic heterocycles. The van der Waals surface area contributed by atoms with Crippen LogP contribution < -0.4 is 11.6 Å². The van der Waals surface area contributed by atoms with Crippen LogP contribution >= 0.6 is 0 Å². The van der Waals surface area contributed by atoms with Crippen molar-refractivity contribution in [2.45, 2.75) is 0 Å². The molecule has 12 heavy (non-hydrogen) atoms. The first kappa shape index (κ1) is 13.5. The molecule has 0 aliphatic heterocycles. The van der Waals surface area contributed by atoms with E-state index < -0.39 is 10.4 Å². The summed E-state index contributed by atoms with van der Waals surface area (Å²) in [6, 6.07) is 0. The van der Waals surface area contributed by atoms with Crippen LogP contribution in [0.1, 0.15) is 0 Å². The number of rotatable bonds is 0. The molecular formula is C3H12N4O4S. The molecule has 0 atom stereocenters. The summed E-state index contributed by atoms with van der Waals surface area (Å²) in [4.78, 5) is 1.62. The summed E-state index contributed by atoms with van der Waals surface area (Å²) in [5.74, 6) is 5.13. The molecule has 0 heterocycles. The molecule has 0 aliphatic carbocycles. The minimum Gasteiger partial charge on any atom is -0.368 e. The second-order valence-corrected chi connectivity index (χ2v) is 2.73. The Bertz CT molecular complexity index is 225. The van der Waals surface area contributed by atoms with Gasteiger partial charge in [0, 0.05) is 14.1 Å². The molecule has 8 nitrogen and oxygen atoms in total. The van der Waals surface area contributed by atoms with E-state index in [1.165, 1.54) is 0 Å². The first-order valence-corrected chi connectivity index (χ1v) is 3.98. The van der Waals surface area contributed by atoms with Crippen molar-refractivity contribution < 1.29 is 17.5 Å². The van der Waals surface area contributed by atoms with Gasteiger partial charge in [-0.25, -0.2) is 0 Å². The summed E-state index contributed by atoms with van der Waals surface area (Å²) in [5, 5.41) is 3.21. The molecule has 6 N–H and O–H groups in total. The van der Waals surface area contributed by atoms with Crippen molar-refractivity contribution in [1.82, 2.24) is 4.90 Å². The average molecular weight is 200 g/mol. The van der Waals surface area contributed by atoms with Crippen LogP contribution in [0.5, 0.6) is 0 Å². The second kappa shape index (κ2) is 5.57. The van der Waals surface area contributed by atoms with Crippen LogP contribution in [0.2, 0.25) is 0 Å². The Morgan fingerprint density at radius 2 is 1.67 bits per heavy atom. The Morgan fingerprint density at radius 1 is 1.42 bits per heavy atom. The predicted octanol–water partition coefficient (Wildman–Crippen LogP) is -1.92. The Balaban J connectivity index is 0. The van der Waals surface area contributed by atoms with Gasteiger partial charge in [-0.3, -0.25) is 9.11 Å². The normalized spacial score (nSPS) is 11.5. The summed E-state index contributed by atoms with van der Waals surface area (Å²) in [6.07, 6.45) is 0. The third-order valence-corrected chi connectivity index (χ3v) is 0.590. The highest BCUT2D eigenvalue weighted by Gasteiger charge is 1.87. The molecule has 0 saturated heterocycles. The highest BCUT2D eigenvalue weighted by atomic mass is 32.3. The maximum atomic E-state index is 8.74. The molecule has 0 aromatic rings. The molecule has 0 bridgehead atoms. The maximum absolute atomic E-state index is 8.74. The monoisotopic (exact) mass is 200 g/mol. The van der Waals surface area contributed by atoms with E-state index in [9.17, 15) is 0 Å². The largest absolute Gasteiger partial charge is 0.394 e. The van der Waals surface area contributed by atoms with Crippen LogP contribution in [0.4, 0.5) is 0 Å². The van der Waals surface area contributed by atoms with Crippen LogP contribution in [0.25, 0.3) is 0 Å². The topological polar surface area (TPSA) is 142 Å². The second-order valence-electron chi connectivity index (χ2n) is 1.83. The lowest BCUT2D eigenvalue weighted by atomic mass is 10.8. The van der Waals surface area contributed by atoms with Crippen molar-refractivity contribution in [1.29, 1.82) is 0 Å². The van der Waals surface area contributed by atoms with Crippen LogP contribution in [0.15, 0.2) is 5.10 Å². The molecule has 0 aromatic carbocycles. The highest BCUT2D eigenvalue weighted by molar-refractivity contribution is 7.79. The lowest BCUT2D eigenvalue weighted by Gasteiger charge is -2.07. The number of nitrogens with two attached hydrogens (primary N) is 2. The first-order valence-electron chi connectivity index (χ1n) is 2.59. The van der Waals surface area contributed by atoms with Crippen LogP contribution in [-0.2, 0) is 10.4 Å². The van der Waals surface area contributed by atoms with Crippen molar-refractivity contribution in [3.8, 4) is 0 Å². The van der Waals surface area contributed by atoms with Gasteiger partial charge in [-0.1, -0.05) is 0 Å². The van der Waals surface area contributed by atoms with Gasteiger partial charge in [-0.15, -0.1) is 5.10 Å². The zero-order valence-electron chi connectivity index (χ0n) is 6.67. The van der Waals surface area contributed by atoms with Crippen molar-refractivity contribution in [3.05, 3.63) is 0 Å². The minimum atomic E-state index is -4.67. The van der Waals surface area contributed by atoms with Gasteiger partial charge in [-0.05, 0) is 0 Å². The highest BCUT2D eigenvalue weighted by Crippen LogP contribution is 1.66. The standard InChI is InChI=1S/C3H10N4.H2O4S/c1-7(2)3(4)6-5;1-5(2,3)4/h5H2,1-2H3,(H2,4,6);(H2,1,2,3,4). The Labute approximate surface area is 70.4 Å². The Hall–Kier alpha value is -1.06. The van der Waals surface area contributed by atoms with Crippen LogP contribution in [0.3, 0.4) is 0 Å². The first-order chi connectivity index (χ1) is 5.18. The summed E-state index contributed by atoms with van der Waals surface area (Å²) in [6.45, 7) is 0. The zero-order chi connectivity index (χ0) is 10.4. The molecule has 0 saturated carbocycles. The SMILES string of the molecule is CN(C)C(N)=NN.O=S(=O)(O)O. The van der Waals surface area contributed by atoms with E-state index in [-0.39, 0.29) is 0 Å². The van der Waals surface area contributed by atoms with Crippen molar-refractivity contribution in [3.63, 3.8) is 0 Å². The predicted molar refractivity (Wildman–Crippen MR) is 43.7 cm³/mol. The summed E-state index contributed by atoms with van der Waals surface area (Å²) < 4.78 is 31.6. The van der Waals surface area contributed by atoms with Gasteiger partial charge >= 0.3 is 10.4 Å². The molecule has 9 heteroatoms. The van der Waals surface area contributed by atoms with E-state index in [4.69, 9.17) is 29.1 Å². The fourth-order valence-corrected chi connectivity index (χ4v) is 0.115. The third-order valence-electron chi connectivity index (χ3n) is 0.590. The summed E-state index contributed by atoms with van der Waals surface area (Å²) in [7, 11) is -1.13. The van der Waals surface area contributed by atoms with Gasteiger partial charge in [0.2, 0.25) is 5.96 Å². The maximum Gasteiger partial charge on any atom is 0.394 e. The molecular weight excluding hydrogens is 188 g/mol. The molecule has 0 radical (unpaired) electrons. The van der Waals surface area contributed by atoms with E-state index in [1.54, 1.807) is 19.0 Å². The van der Waals surface area contributed by atoms with Crippen LogP contribution in [-0.4, -0.2) is 42.5 Å². The van der Waals surface area contributed by atoms with Crippen molar-refractivity contribution in [2.75, 3.05) is 14.1 Å². The number of guanidine groups is 1. The fourth-order valence-electron chi connectivity index (χ4n) is 0.115. The number of hydrazone groups is 1. The molecule has 74 valence electrons.